The van der Waals surface area contributed by atoms with E-state index in [1.807, 2.05) is 33.7 Å². The molecule has 0 N–H and O–H groups in total. The van der Waals surface area contributed by atoms with E-state index in [-0.39, 0.29) is 11.3 Å². The summed E-state index contributed by atoms with van der Waals surface area (Å²) in [6, 6.07) is 18.2. The van der Waals surface area contributed by atoms with Crippen molar-refractivity contribution in [1.29, 1.82) is 0 Å². The molecule has 0 spiro atoms. The number of rotatable bonds is 3. The van der Waals surface area contributed by atoms with Crippen LogP contribution in [0, 0.1) is 0 Å². The van der Waals surface area contributed by atoms with Gasteiger partial charge in [-0.25, -0.2) is 0 Å². The Balaban J connectivity index is 1.44. The number of hydrogen-bond acceptors (Lipinski definition) is 3. The van der Waals surface area contributed by atoms with E-state index in [1.54, 1.807) is 12.7 Å². The fourth-order valence-corrected chi connectivity index (χ4v) is 3.63. The predicted octanol–water partition coefficient (Wildman–Crippen LogP) is 3.46. The summed E-state index contributed by atoms with van der Waals surface area (Å²) in [7, 11) is 0. The summed E-state index contributed by atoms with van der Waals surface area (Å²) in [5.74, 6) is 0.107. The van der Waals surface area contributed by atoms with Crippen LogP contribution in [0.15, 0.2) is 67.3 Å². The number of carbonyl (C=O) groups excluding carboxylic acids is 1. The van der Waals surface area contributed by atoms with Crippen LogP contribution in [0.25, 0.3) is 5.69 Å². The van der Waals surface area contributed by atoms with Gasteiger partial charge in [-0.05, 0) is 48.1 Å². The van der Waals surface area contributed by atoms with Gasteiger partial charge in [0.2, 0.25) is 0 Å². The van der Waals surface area contributed by atoms with E-state index in [9.17, 15) is 4.79 Å². The normalized spacial score (nSPS) is 16.4. The molecule has 1 amide bonds. The third-order valence-corrected chi connectivity index (χ3v) is 5.46. The van der Waals surface area contributed by atoms with Crippen LogP contribution in [0.5, 0.6) is 0 Å². The van der Waals surface area contributed by atoms with Crippen molar-refractivity contribution in [3.63, 3.8) is 0 Å². The Labute approximate surface area is 153 Å². The summed E-state index contributed by atoms with van der Waals surface area (Å²) in [5.41, 5.74) is 3.19. The van der Waals surface area contributed by atoms with Crippen molar-refractivity contribution in [3.05, 3.63) is 78.4 Å². The molecule has 4 rings (SSSR count). The summed E-state index contributed by atoms with van der Waals surface area (Å²) in [6.45, 7) is 3.88. The molecule has 1 aromatic heterocycles. The molecule has 0 bridgehead atoms. The summed E-state index contributed by atoms with van der Waals surface area (Å²) < 4.78 is 1.82. The van der Waals surface area contributed by atoms with Gasteiger partial charge in [-0.3, -0.25) is 9.36 Å². The Hall–Kier alpha value is -2.95. The minimum atomic E-state index is 0.107. The van der Waals surface area contributed by atoms with Crippen LogP contribution in [0.4, 0.5) is 0 Å². The van der Waals surface area contributed by atoms with E-state index in [2.05, 4.69) is 47.5 Å². The van der Waals surface area contributed by atoms with Gasteiger partial charge in [0.1, 0.15) is 12.7 Å². The lowest BCUT2D eigenvalue weighted by Crippen LogP contribution is -2.43. The van der Waals surface area contributed by atoms with Crippen molar-refractivity contribution in [2.45, 2.75) is 25.2 Å². The summed E-state index contributed by atoms with van der Waals surface area (Å²) >= 11 is 0. The van der Waals surface area contributed by atoms with Crippen molar-refractivity contribution < 1.29 is 4.79 Å². The minimum Gasteiger partial charge on any atom is -0.339 e. The Morgan fingerprint density at radius 3 is 2.15 bits per heavy atom. The second-order valence-electron chi connectivity index (χ2n) is 7.13. The molecule has 0 aliphatic carbocycles. The lowest BCUT2D eigenvalue weighted by atomic mass is 9.74. The largest absolute Gasteiger partial charge is 0.339 e. The average Bonchev–Trinajstić information content (AvgIpc) is 3.24. The molecule has 26 heavy (non-hydrogen) atoms. The first-order chi connectivity index (χ1) is 12.7. The smallest absolute Gasteiger partial charge is 0.253 e. The minimum absolute atomic E-state index is 0.107. The lowest BCUT2D eigenvalue weighted by Gasteiger charge is -2.40. The highest BCUT2D eigenvalue weighted by Gasteiger charge is 2.33. The van der Waals surface area contributed by atoms with Crippen molar-refractivity contribution >= 4 is 5.91 Å². The van der Waals surface area contributed by atoms with Crippen molar-refractivity contribution in [3.8, 4) is 5.69 Å². The number of aromatic nitrogens is 3. The summed E-state index contributed by atoms with van der Waals surface area (Å²) in [5, 5.41) is 7.61. The van der Waals surface area contributed by atoms with Gasteiger partial charge in [0, 0.05) is 24.3 Å². The first-order valence-corrected chi connectivity index (χ1v) is 8.96. The second-order valence-corrected chi connectivity index (χ2v) is 7.13. The van der Waals surface area contributed by atoms with Crippen molar-refractivity contribution in [2.75, 3.05) is 13.1 Å². The van der Waals surface area contributed by atoms with Gasteiger partial charge in [-0.1, -0.05) is 37.3 Å². The van der Waals surface area contributed by atoms with E-state index < -0.39 is 0 Å². The molecule has 1 saturated heterocycles. The monoisotopic (exact) mass is 346 g/mol. The summed E-state index contributed by atoms with van der Waals surface area (Å²) in [4.78, 5) is 14.8. The number of carbonyl (C=O) groups is 1. The zero-order chi connectivity index (χ0) is 18.0. The average molecular weight is 346 g/mol. The third kappa shape index (κ3) is 3.12. The molecule has 2 aromatic carbocycles. The zero-order valence-corrected chi connectivity index (χ0v) is 14.9. The maximum atomic E-state index is 12.8. The quantitative estimate of drug-likeness (QED) is 0.730. The van der Waals surface area contributed by atoms with Gasteiger partial charge in [-0.2, -0.15) is 0 Å². The Morgan fingerprint density at radius 1 is 0.923 bits per heavy atom. The van der Waals surface area contributed by atoms with Crippen molar-refractivity contribution in [2.24, 2.45) is 0 Å². The van der Waals surface area contributed by atoms with E-state index in [0.29, 0.717) is 0 Å². The van der Waals surface area contributed by atoms with Crippen molar-refractivity contribution in [1.82, 2.24) is 19.7 Å². The van der Waals surface area contributed by atoms with E-state index in [4.69, 9.17) is 0 Å². The predicted molar refractivity (Wildman–Crippen MR) is 100 cm³/mol. The molecule has 0 unspecified atom stereocenters. The molecule has 1 aliphatic heterocycles. The SMILES string of the molecule is CC1(c2ccccc2)CCN(C(=O)c2ccc(-n3cnnc3)cc2)CC1. The second kappa shape index (κ2) is 6.75. The highest BCUT2D eigenvalue weighted by molar-refractivity contribution is 5.94. The van der Waals surface area contributed by atoms with Gasteiger partial charge < -0.3 is 4.90 Å². The molecule has 0 radical (unpaired) electrons. The highest BCUT2D eigenvalue weighted by Crippen LogP contribution is 2.35. The van der Waals surface area contributed by atoms with Gasteiger partial charge in [0.15, 0.2) is 0 Å². The Bertz CT molecular complexity index is 864. The number of amides is 1. The molecule has 1 aliphatic rings. The topological polar surface area (TPSA) is 51.0 Å². The van der Waals surface area contributed by atoms with Gasteiger partial charge in [-0.15, -0.1) is 10.2 Å². The first kappa shape index (κ1) is 16.5. The molecule has 5 nitrogen and oxygen atoms in total. The Kier molecular flexibility index (Phi) is 4.29. The fraction of sp³-hybridized carbons (Fsp3) is 0.286. The van der Waals surface area contributed by atoms with Gasteiger partial charge in [0.05, 0.1) is 0 Å². The molecule has 0 saturated carbocycles. The molecular weight excluding hydrogens is 324 g/mol. The number of nitrogens with zero attached hydrogens (tertiary/aromatic N) is 4. The summed E-state index contributed by atoms with van der Waals surface area (Å²) in [6.07, 6.45) is 5.26. The fourth-order valence-electron chi connectivity index (χ4n) is 3.63. The van der Waals surface area contributed by atoms with E-state index >= 15 is 0 Å². The molecule has 1 fully saturated rings. The van der Waals surface area contributed by atoms with Crippen LogP contribution in [0.3, 0.4) is 0 Å². The van der Waals surface area contributed by atoms with Gasteiger partial charge in [0.25, 0.3) is 5.91 Å². The van der Waals surface area contributed by atoms with Crippen LogP contribution in [0.2, 0.25) is 0 Å². The maximum Gasteiger partial charge on any atom is 0.253 e. The number of piperidine rings is 1. The molecule has 0 atom stereocenters. The highest BCUT2D eigenvalue weighted by atomic mass is 16.2. The Morgan fingerprint density at radius 2 is 1.54 bits per heavy atom. The van der Waals surface area contributed by atoms with E-state index in [0.717, 1.165) is 37.2 Å². The molecule has 2 heterocycles. The van der Waals surface area contributed by atoms with E-state index in [1.165, 1.54) is 5.56 Å². The van der Waals surface area contributed by atoms with Crippen LogP contribution < -0.4 is 0 Å². The molecule has 3 aromatic rings. The lowest BCUT2D eigenvalue weighted by molar-refractivity contribution is 0.0676. The van der Waals surface area contributed by atoms with Gasteiger partial charge >= 0.3 is 0 Å². The third-order valence-electron chi connectivity index (χ3n) is 5.46. The zero-order valence-electron chi connectivity index (χ0n) is 14.9. The molecule has 5 heteroatoms. The molecular formula is C21H22N4O. The number of benzene rings is 2. The van der Waals surface area contributed by atoms with Crippen LogP contribution in [-0.2, 0) is 5.41 Å². The van der Waals surface area contributed by atoms with Crippen LogP contribution >= 0.6 is 0 Å². The van der Waals surface area contributed by atoms with Crippen LogP contribution in [0.1, 0.15) is 35.7 Å². The molecule has 132 valence electrons. The standard InChI is InChI=1S/C21H22N4O/c1-21(18-5-3-2-4-6-18)11-13-24(14-12-21)20(26)17-7-9-19(10-8-17)25-15-22-23-16-25/h2-10,15-16H,11-14H2,1H3. The number of likely N-dealkylation sites (tertiary alicyclic amines) is 1. The van der Waals surface area contributed by atoms with Crippen LogP contribution in [-0.4, -0.2) is 38.7 Å². The number of hydrogen-bond donors (Lipinski definition) is 0. The first-order valence-electron chi connectivity index (χ1n) is 8.96. The maximum absolute atomic E-state index is 12.8.